The van der Waals surface area contributed by atoms with E-state index in [9.17, 15) is 19.8 Å². The van der Waals surface area contributed by atoms with Crippen molar-refractivity contribution in [1.82, 2.24) is 24.4 Å². The van der Waals surface area contributed by atoms with Gasteiger partial charge in [-0.05, 0) is 24.5 Å². The number of aliphatic hydroxyl groups excluding tert-OH is 1. The molecule has 10 heteroatoms. The van der Waals surface area contributed by atoms with Crippen LogP contribution < -0.4 is 10.5 Å². The van der Waals surface area contributed by atoms with E-state index in [1.807, 2.05) is 35.2 Å². The van der Waals surface area contributed by atoms with E-state index in [2.05, 4.69) is 16.9 Å². The molecule has 1 aromatic carbocycles. The number of amides is 1. The number of aromatic nitrogens is 4. The van der Waals surface area contributed by atoms with E-state index in [1.54, 1.807) is 16.8 Å². The maximum Gasteiger partial charge on any atom is 0.407 e. The standard InChI is InChI=1S/C25H28N6O4/c1-2-18-13-30-22(33)12-20(19-8-10-26-16-27-19)28-23(30)31(14-21(32)17-6-4-3-5-7-17)25(18)9-11-29(15-25)24(34)35/h3-8,10,12,16,18,21,32H,2,9,11,13-15H2,1H3,(H,34,35)/t18?,21-,25?/m1/s1. The van der Waals surface area contributed by atoms with Crippen LogP contribution in [0, 0.1) is 5.92 Å². The van der Waals surface area contributed by atoms with E-state index >= 15 is 0 Å². The highest BCUT2D eigenvalue weighted by molar-refractivity contribution is 5.66. The normalized spacial score (nSPS) is 22.3. The summed E-state index contributed by atoms with van der Waals surface area (Å²) in [6.07, 6.45) is 2.52. The van der Waals surface area contributed by atoms with Gasteiger partial charge < -0.3 is 20.0 Å². The van der Waals surface area contributed by atoms with Crippen LogP contribution in [0.15, 0.2) is 59.8 Å². The van der Waals surface area contributed by atoms with Gasteiger partial charge in [-0.3, -0.25) is 9.36 Å². The molecule has 10 nitrogen and oxygen atoms in total. The van der Waals surface area contributed by atoms with Crippen molar-refractivity contribution in [3.05, 3.63) is 70.9 Å². The second-order valence-corrected chi connectivity index (χ2v) is 9.18. The predicted molar refractivity (Wildman–Crippen MR) is 129 cm³/mol. The molecule has 3 aromatic rings. The zero-order valence-corrected chi connectivity index (χ0v) is 19.5. The molecule has 2 N–H and O–H groups in total. The zero-order chi connectivity index (χ0) is 24.6. The molecule has 182 valence electrons. The molecule has 2 aromatic heterocycles. The van der Waals surface area contributed by atoms with Crippen LogP contribution in [-0.2, 0) is 6.54 Å². The monoisotopic (exact) mass is 476 g/mol. The fraction of sp³-hybridized carbons (Fsp3) is 0.400. The van der Waals surface area contributed by atoms with Gasteiger partial charge >= 0.3 is 6.09 Å². The van der Waals surface area contributed by atoms with Crippen LogP contribution in [0.25, 0.3) is 11.4 Å². The summed E-state index contributed by atoms with van der Waals surface area (Å²) >= 11 is 0. The van der Waals surface area contributed by atoms with Gasteiger partial charge in [0.25, 0.3) is 5.56 Å². The van der Waals surface area contributed by atoms with Gasteiger partial charge in [-0.15, -0.1) is 0 Å². The van der Waals surface area contributed by atoms with Crippen LogP contribution in [0.1, 0.15) is 31.4 Å². The van der Waals surface area contributed by atoms with Crippen molar-refractivity contribution in [1.29, 1.82) is 0 Å². The second-order valence-electron chi connectivity index (χ2n) is 9.18. The number of benzene rings is 1. The number of fused-ring (bicyclic) bond motifs is 1. The molecular formula is C25H28N6O4. The van der Waals surface area contributed by atoms with Crippen molar-refractivity contribution < 1.29 is 15.0 Å². The zero-order valence-electron chi connectivity index (χ0n) is 19.5. The van der Waals surface area contributed by atoms with Crippen LogP contribution in [0.5, 0.6) is 0 Å². The van der Waals surface area contributed by atoms with Gasteiger partial charge in [0, 0.05) is 37.8 Å². The minimum absolute atomic E-state index is 0.00623. The summed E-state index contributed by atoms with van der Waals surface area (Å²) in [7, 11) is 0. The number of likely N-dealkylation sites (tertiary alicyclic amines) is 1. The lowest BCUT2D eigenvalue weighted by molar-refractivity contribution is 0.127. The fourth-order valence-corrected chi connectivity index (χ4v) is 5.51. The Morgan fingerprint density at radius 2 is 2.03 bits per heavy atom. The van der Waals surface area contributed by atoms with E-state index in [-0.39, 0.29) is 24.6 Å². The Balaban J connectivity index is 1.66. The summed E-state index contributed by atoms with van der Waals surface area (Å²) in [4.78, 5) is 41.6. The van der Waals surface area contributed by atoms with Gasteiger partial charge in [0.05, 0.1) is 29.6 Å². The van der Waals surface area contributed by atoms with Crippen molar-refractivity contribution in [2.75, 3.05) is 24.5 Å². The van der Waals surface area contributed by atoms with Gasteiger partial charge in [-0.1, -0.05) is 37.3 Å². The first-order valence-corrected chi connectivity index (χ1v) is 11.8. The molecule has 1 fully saturated rings. The lowest BCUT2D eigenvalue weighted by Crippen LogP contribution is -2.63. The average molecular weight is 477 g/mol. The van der Waals surface area contributed by atoms with Crippen LogP contribution in [0.4, 0.5) is 10.7 Å². The number of β-amino-alcohol motifs (C(OH)–C–C–N with tert-alkyl or cyclic N) is 1. The highest BCUT2D eigenvalue weighted by Gasteiger charge is 2.53. The highest BCUT2D eigenvalue weighted by Crippen LogP contribution is 2.44. The van der Waals surface area contributed by atoms with Crippen molar-refractivity contribution in [3.8, 4) is 11.4 Å². The Kier molecular flexibility index (Phi) is 5.98. The Labute approximate surface area is 202 Å². The van der Waals surface area contributed by atoms with Crippen LogP contribution in [0.2, 0.25) is 0 Å². The number of anilines is 1. The molecule has 2 unspecified atom stereocenters. The molecule has 3 atom stereocenters. The largest absolute Gasteiger partial charge is 0.465 e. The second kappa shape index (κ2) is 9.10. The maximum absolute atomic E-state index is 13.3. The number of carboxylic acid groups (broad SMARTS) is 1. The molecule has 0 radical (unpaired) electrons. The molecule has 4 heterocycles. The SMILES string of the molecule is CCC1Cn2c(nc(-c3ccncn3)cc2=O)N(C[C@@H](O)c2ccccc2)C12CCN(C(=O)O)C2. The van der Waals surface area contributed by atoms with Crippen LogP contribution in [0.3, 0.4) is 0 Å². The smallest absolute Gasteiger partial charge is 0.407 e. The first-order valence-electron chi connectivity index (χ1n) is 11.8. The molecule has 1 spiro atoms. The summed E-state index contributed by atoms with van der Waals surface area (Å²) < 4.78 is 1.64. The average Bonchev–Trinajstić information content (AvgIpc) is 3.33. The van der Waals surface area contributed by atoms with Gasteiger partial charge in [0.2, 0.25) is 5.95 Å². The molecule has 0 aliphatic carbocycles. The number of hydrogen-bond acceptors (Lipinski definition) is 7. The summed E-state index contributed by atoms with van der Waals surface area (Å²) in [5, 5.41) is 21.0. The first kappa shape index (κ1) is 23.0. The molecule has 1 saturated heterocycles. The molecule has 2 aliphatic rings. The van der Waals surface area contributed by atoms with Crippen LogP contribution >= 0.6 is 0 Å². The number of carbonyl (C=O) groups is 1. The van der Waals surface area contributed by atoms with Crippen molar-refractivity contribution in [3.63, 3.8) is 0 Å². The maximum atomic E-state index is 13.3. The third-order valence-corrected chi connectivity index (χ3v) is 7.36. The van der Waals surface area contributed by atoms with Crippen molar-refractivity contribution in [2.24, 2.45) is 5.92 Å². The molecule has 35 heavy (non-hydrogen) atoms. The summed E-state index contributed by atoms with van der Waals surface area (Å²) in [5.41, 5.74) is 0.891. The van der Waals surface area contributed by atoms with Crippen molar-refractivity contribution in [2.45, 2.75) is 38.0 Å². The third kappa shape index (κ3) is 4.03. The molecule has 2 aliphatic heterocycles. The number of nitrogens with zero attached hydrogens (tertiary/aromatic N) is 6. The Bertz CT molecular complexity index is 1270. The molecule has 1 amide bonds. The van der Waals surface area contributed by atoms with E-state index in [0.29, 0.717) is 36.8 Å². The lowest BCUT2D eigenvalue weighted by Gasteiger charge is -2.51. The Hall–Kier alpha value is -3.79. The van der Waals surface area contributed by atoms with Crippen LogP contribution in [-0.4, -0.2) is 65.9 Å². The Morgan fingerprint density at radius 3 is 2.69 bits per heavy atom. The molecule has 5 rings (SSSR count). The summed E-state index contributed by atoms with van der Waals surface area (Å²) in [5.74, 6) is 0.435. The topological polar surface area (TPSA) is 125 Å². The quantitative estimate of drug-likeness (QED) is 0.575. The van der Waals surface area contributed by atoms with Crippen molar-refractivity contribution >= 4 is 12.0 Å². The first-order chi connectivity index (χ1) is 16.9. The minimum atomic E-state index is -0.967. The number of aliphatic hydroxyl groups is 1. The van der Waals surface area contributed by atoms with Gasteiger partial charge in [0.15, 0.2) is 0 Å². The summed E-state index contributed by atoms with van der Waals surface area (Å²) in [6, 6.07) is 12.5. The van der Waals surface area contributed by atoms with E-state index in [4.69, 9.17) is 4.98 Å². The number of hydrogen-bond donors (Lipinski definition) is 2. The lowest BCUT2D eigenvalue weighted by atomic mass is 9.77. The predicted octanol–water partition coefficient (Wildman–Crippen LogP) is 2.40. The summed E-state index contributed by atoms with van der Waals surface area (Å²) in [6.45, 7) is 3.34. The van der Waals surface area contributed by atoms with Gasteiger partial charge in [0.1, 0.15) is 6.33 Å². The van der Waals surface area contributed by atoms with E-state index < -0.39 is 17.7 Å². The van der Waals surface area contributed by atoms with E-state index in [0.717, 1.165) is 12.0 Å². The number of rotatable bonds is 5. The highest BCUT2D eigenvalue weighted by atomic mass is 16.4. The van der Waals surface area contributed by atoms with E-state index in [1.165, 1.54) is 17.3 Å². The Morgan fingerprint density at radius 1 is 1.23 bits per heavy atom. The minimum Gasteiger partial charge on any atom is -0.465 e. The molecule has 0 saturated carbocycles. The van der Waals surface area contributed by atoms with Gasteiger partial charge in [-0.2, -0.15) is 0 Å². The molecule has 0 bridgehead atoms. The third-order valence-electron chi connectivity index (χ3n) is 7.36. The molecular weight excluding hydrogens is 448 g/mol. The van der Waals surface area contributed by atoms with Gasteiger partial charge in [-0.25, -0.2) is 19.7 Å². The fourth-order valence-electron chi connectivity index (χ4n) is 5.51.